The normalized spacial score (nSPS) is 25.8. The molecule has 2 saturated heterocycles. The first-order valence-corrected chi connectivity index (χ1v) is 13.7. The summed E-state index contributed by atoms with van der Waals surface area (Å²) < 4.78 is 20.5. The third kappa shape index (κ3) is 5.29. The van der Waals surface area contributed by atoms with E-state index in [-0.39, 0.29) is 23.5 Å². The Hall–Kier alpha value is -2.78. The second-order valence-corrected chi connectivity index (χ2v) is 11.5. The van der Waals surface area contributed by atoms with Gasteiger partial charge in [0.05, 0.1) is 11.6 Å². The fraction of sp³-hybridized carbons (Fsp3) is 0.607. The Morgan fingerprint density at radius 2 is 1.89 bits per heavy atom. The Bertz CT molecular complexity index is 1150. The summed E-state index contributed by atoms with van der Waals surface area (Å²) in [5, 5.41) is 7.00. The van der Waals surface area contributed by atoms with Gasteiger partial charge in [0, 0.05) is 30.4 Å². The maximum absolute atomic E-state index is 15.1. The molecule has 2 aliphatic heterocycles. The molecule has 1 aromatic carbocycles. The maximum Gasteiger partial charge on any atom is 0.416 e. The Balaban J connectivity index is 1.08. The zero-order valence-electron chi connectivity index (χ0n) is 21.8. The van der Waals surface area contributed by atoms with Gasteiger partial charge < -0.3 is 15.4 Å². The van der Waals surface area contributed by atoms with Crippen LogP contribution in [0.5, 0.6) is 0 Å². The summed E-state index contributed by atoms with van der Waals surface area (Å²) in [5.74, 6) is 1.17. The zero-order chi connectivity index (χ0) is 25.6. The lowest BCUT2D eigenvalue weighted by molar-refractivity contribution is 0.172. The van der Waals surface area contributed by atoms with Gasteiger partial charge in [0.25, 0.3) is 0 Å². The minimum Gasteiger partial charge on any atom is -0.447 e. The van der Waals surface area contributed by atoms with Crippen LogP contribution in [0.4, 0.5) is 21.0 Å². The average Bonchev–Trinajstić information content (AvgIpc) is 3.81. The number of benzene rings is 1. The van der Waals surface area contributed by atoms with Gasteiger partial charge in [0.1, 0.15) is 18.2 Å². The molecule has 2 aromatic rings. The SMILES string of the molecule is C[C@H](Nc1nccc(N2C(=O)OCC2(C)C2CC2)n1)c1ccc(CN2CCC(NC3CC3)CC2)c(F)c1. The van der Waals surface area contributed by atoms with E-state index in [1.807, 2.05) is 19.1 Å². The lowest BCUT2D eigenvalue weighted by Gasteiger charge is -2.32. The third-order valence-electron chi connectivity index (χ3n) is 8.46. The van der Waals surface area contributed by atoms with Crippen LogP contribution in [0.15, 0.2) is 30.5 Å². The molecule has 8 nitrogen and oxygen atoms in total. The summed E-state index contributed by atoms with van der Waals surface area (Å²) in [6, 6.07) is 8.37. The van der Waals surface area contributed by atoms with Crippen molar-refractivity contribution in [3.8, 4) is 0 Å². The van der Waals surface area contributed by atoms with Crippen molar-refractivity contribution >= 4 is 17.9 Å². The molecule has 2 saturated carbocycles. The van der Waals surface area contributed by atoms with Crippen molar-refractivity contribution in [3.63, 3.8) is 0 Å². The molecule has 4 fully saturated rings. The monoisotopic (exact) mass is 508 g/mol. The predicted octanol–water partition coefficient (Wildman–Crippen LogP) is 4.63. The van der Waals surface area contributed by atoms with Crippen molar-refractivity contribution in [2.45, 2.75) is 82.6 Å². The molecule has 0 bridgehead atoms. The molecule has 1 unspecified atom stereocenters. The molecule has 37 heavy (non-hydrogen) atoms. The van der Waals surface area contributed by atoms with Gasteiger partial charge in [-0.25, -0.2) is 14.2 Å². The van der Waals surface area contributed by atoms with Crippen LogP contribution >= 0.6 is 0 Å². The number of nitrogens with zero attached hydrogens (tertiary/aromatic N) is 4. The van der Waals surface area contributed by atoms with Gasteiger partial charge in [-0.1, -0.05) is 12.1 Å². The number of hydrogen-bond donors (Lipinski definition) is 2. The molecule has 6 rings (SSSR count). The van der Waals surface area contributed by atoms with Crippen LogP contribution in [0.2, 0.25) is 0 Å². The van der Waals surface area contributed by atoms with Crippen LogP contribution in [0.3, 0.4) is 0 Å². The van der Waals surface area contributed by atoms with Gasteiger partial charge in [-0.2, -0.15) is 4.98 Å². The number of carbonyl (C=O) groups excluding carboxylic acids is 1. The minimum absolute atomic E-state index is 0.181. The fourth-order valence-corrected chi connectivity index (χ4v) is 5.77. The molecular weight excluding hydrogens is 471 g/mol. The first-order chi connectivity index (χ1) is 17.9. The Labute approximate surface area is 218 Å². The highest BCUT2D eigenvalue weighted by atomic mass is 19.1. The number of rotatable bonds is 9. The average molecular weight is 509 g/mol. The summed E-state index contributed by atoms with van der Waals surface area (Å²) >= 11 is 0. The molecule has 0 radical (unpaired) electrons. The van der Waals surface area contributed by atoms with Gasteiger partial charge in [-0.05, 0) is 89.1 Å². The van der Waals surface area contributed by atoms with Gasteiger partial charge in [0.15, 0.2) is 0 Å². The third-order valence-corrected chi connectivity index (χ3v) is 8.46. The van der Waals surface area contributed by atoms with E-state index in [2.05, 4.69) is 32.4 Å². The lowest BCUT2D eigenvalue weighted by Crippen LogP contribution is -2.47. The van der Waals surface area contributed by atoms with E-state index in [0.29, 0.717) is 36.9 Å². The van der Waals surface area contributed by atoms with Crippen molar-refractivity contribution in [1.29, 1.82) is 0 Å². The molecule has 2 N–H and O–H groups in total. The van der Waals surface area contributed by atoms with Crippen LogP contribution in [-0.2, 0) is 11.3 Å². The van der Waals surface area contributed by atoms with Crippen molar-refractivity contribution in [2.75, 3.05) is 29.9 Å². The van der Waals surface area contributed by atoms with Gasteiger partial charge >= 0.3 is 6.09 Å². The number of cyclic esters (lactones) is 1. The highest BCUT2D eigenvalue weighted by molar-refractivity contribution is 5.90. The predicted molar refractivity (Wildman–Crippen MR) is 140 cm³/mol. The molecule has 1 aromatic heterocycles. The molecule has 4 aliphatic rings. The molecule has 9 heteroatoms. The van der Waals surface area contributed by atoms with Crippen LogP contribution in [0, 0.1) is 11.7 Å². The number of ether oxygens (including phenoxy) is 1. The van der Waals surface area contributed by atoms with Crippen molar-refractivity contribution in [3.05, 3.63) is 47.4 Å². The highest BCUT2D eigenvalue weighted by Crippen LogP contribution is 2.47. The second kappa shape index (κ2) is 9.83. The van der Waals surface area contributed by atoms with E-state index in [1.165, 1.54) is 12.8 Å². The largest absolute Gasteiger partial charge is 0.447 e. The van der Waals surface area contributed by atoms with E-state index in [9.17, 15) is 4.79 Å². The minimum atomic E-state index is -0.379. The number of anilines is 2. The molecule has 198 valence electrons. The highest BCUT2D eigenvalue weighted by Gasteiger charge is 2.54. The quantitative estimate of drug-likeness (QED) is 0.511. The van der Waals surface area contributed by atoms with Gasteiger partial charge in [-0.15, -0.1) is 0 Å². The summed E-state index contributed by atoms with van der Waals surface area (Å²) in [7, 11) is 0. The number of amides is 1. The van der Waals surface area contributed by atoms with E-state index >= 15 is 4.39 Å². The molecular formula is C28H37FN6O2. The first-order valence-electron chi connectivity index (χ1n) is 13.7. The van der Waals surface area contributed by atoms with Crippen molar-refractivity contribution < 1.29 is 13.9 Å². The van der Waals surface area contributed by atoms with E-state index in [4.69, 9.17) is 4.74 Å². The number of likely N-dealkylation sites (tertiary alicyclic amines) is 1. The summed E-state index contributed by atoms with van der Waals surface area (Å²) in [6.07, 6.45) is 8.35. The Morgan fingerprint density at radius 3 is 2.59 bits per heavy atom. The zero-order valence-corrected chi connectivity index (χ0v) is 21.8. The standard InChI is InChI=1S/C28H37FN6O2/c1-18(31-26-30-12-9-25(33-26)35-27(36)37-17-28(35,2)21-5-6-21)19-3-4-20(24(29)15-19)16-34-13-10-23(11-14-34)32-22-7-8-22/h3-4,9,12,15,18,21-23,32H,5-8,10-11,13-14,16-17H2,1-2H3,(H,30,31,33)/t18-,28?/m0/s1. The summed E-state index contributed by atoms with van der Waals surface area (Å²) in [5.41, 5.74) is 1.18. The first kappa shape index (κ1) is 24.6. The van der Waals surface area contributed by atoms with Crippen molar-refractivity contribution in [2.24, 2.45) is 5.92 Å². The fourth-order valence-electron chi connectivity index (χ4n) is 5.77. The Morgan fingerprint density at radius 1 is 1.14 bits per heavy atom. The summed E-state index contributed by atoms with van der Waals surface area (Å²) in [4.78, 5) is 25.5. The topological polar surface area (TPSA) is 82.6 Å². The van der Waals surface area contributed by atoms with Crippen LogP contribution in [0.1, 0.15) is 69.5 Å². The van der Waals surface area contributed by atoms with Crippen LogP contribution < -0.4 is 15.5 Å². The maximum atomic E-state index is 15.1. The van der Waals surface area contributed by atoms with Crippen LogP contribution in [0.25, 0.3) is 0 Å². The lowest BCUT2D eigenvalue weighted by atomic mass is 9.96. The molecule has 1 amide bonds. The summed E-state index contributed by atoms with van der Waals surface area (Å²) in [6.45, 7) is 7.04. The second-order valence-electron chi connectivity index (χ2n) is 11.5. The van der Waals surface area contributed by atoms with Gasteiger partial charge in [-0.3, -0.25) is 9.80 Å². The number of aromatic nitrogens is 2. The van der Waals surface area contributed by atoms with E-state index in [1.54, 1.807) is 23.2 Å². The van der Waals surface area contributed by atoms with Crippen molar-refractivity contribution in [1.82, 2.24) is 20.2 Å². The molecule has 2 aliphatic carbocycles. The number of nitrogens with one attached hydrogen (secondary N) is 2. The van der Waals surface area contributed by atoms with E-state index in [0.717, 1.165) is 55.9 Å². The number of halogens is 1. The van der Waals surface area contributed by atoms with Crippen LogP contribution in [-0.4, -0.2) is 58.3 Å². The molecule has 2 atom stereocenters. The number of piperidine rings is 1. The smallest absolute Gasteiger partial charge is 0.416 e. The molecule has 3 heterocycles. The number of hydrogen-bond acceptors (Lipinski definition) is 7. The number of carbonyl (C=O) groups is 1. The molecule has 0 spiro atoms. The van der Waals surface area contributed by atoms with Gasteiger partial charge in [0.2, 0.25) is 5.95 Å². The van der Waals surface area contributed by atoms with E-state index < -0.39 is 0 Å². The Kier molecular flexibility index (Phi) is 6.52.